The van der Waals surface area contributed by atoms with Crippen molar-refractivity contribution in [3.8, 4) is 0 Å². The van der Waals surface area contributed by atoms with Crippen molar-refractivity contribution in [3.05, 3.63) is 35.9 Å². The van der Waals surface area contributed by atoms with E-state index in [-0.39, 0.29) is 31.7 Å². The van der Waals surface area contributed by atoms with E-state index in [4.69, 9.17) is 18.9 Å². The van der Waals surface area contributed by atoms with Gasteiger partial charge in [-0.15, -0.1) is 0 Å². The zero-order valence-electron chi connectivity index (χ0n) is 15.2. The van der Waals surface area contributed by atoms with Gasteiger partial charge in [0.15, 0.2) is 11.4 Å². The van der Waals surface area contributed by atoms with E-state index >= 15 is 0 Å². The molecule has 0 bridgehead atoms. The van der Waals surface area contributed by atoms with Crippen LogP contribution in [0.15, 0.2) is 30.3 Å². The van der Waals surface area contributed by atoms with Crippen LogP contribution in [0.25, 0.3) is 0 Å². The van der Waals surface area contributed by atoms with E-state index in [1.165, 1.54) is 7.11 Å². The van der Waals surface area contributed by atoms with Crippen molar-refractivity contribution in [2.75, 3.05) is 20.3 Å². The molecule has 1 aromatic carbocycles. The minimum atomic E-state index is -0.880. The average Bonchev–Trinajstić information content (AvgIpc) is 3.08. The SMILES string of the molecule is COC(=O)CC[C@@H]1OC[C@@]2(COC(=O)c3ccccc3)OC(C)(C)O[C@@H]12. The second kappa shape index (κ2) is 7.34. The molecule has 0 aliphatic carbocycles. The number of ether oxygens (including phenoxy) is 5. The fourth-order valence-electron chi connectivity index (χ4n) is 3.44. The van der Waals surface area contributed by atoms with Crippen LogP contribution >= 0.6 is 0 Å². The number of carbonyl (C=O) groups excluding carboxylic acids is 2. The zero-order chi connectivity index (χ0) is 18.8. The zero-order valence-corrected chi connectivity index (χ0v) is 15.2. The molecule has 2 fully saturated rings. The minimum Gasteiger partial charge on any atom is -0.469 e. The number of hydrogen-bond donors (Lipinski definition) is 0. The Kier molecular flexibility index (Phi) is 5.32. The Morgan fingerprint density at radius 1 is 1.23 bits per heavy atom. The van der Waals surface area contributed by atoms with Gasteiger partial charge in [-0.2, -0.15) is 0 Å². The van der Waals surface area contributed by atoms with Gasteiger partial charge in [-0.05, 0) is 32.4 Å². The molecule has 3 atom stereocenters. The van der Waals surface area contributed by atoms with E-state index in [0.717, 1.165) is 0 Å². The van der Waals surface area contributed by atoms with E-state index < -0.39 is 23.5 Å². The van der Waals surface area contributed by atoms with Gasteiger partial charge in [0.25, 0.3) is 0 Å². The van der Waals surface area contributed by atoms with Crippen molar-refractivity contribution in [1.82, 2.24) is 0 Å². The molecule has 142 valence electrons. The Labute approximate surface area is 152 Å². The van der Waals surface area contributed by atoms with Gasteiger partial charge in [0, 0.05) is 6.42 Å². The third-order valence-corrected chi connectivity index (χ3v) is 4.58. The summed E-state index contributed by atoms with van der Waals surface area (Å²) in [5, 5.41) is 0. The molecule has 0 saturated carbocycles. The fraction of sp³-hybridized carbons (Fsp3) is 0.579. The van der Waals surface area contributed by atoms with Crippen LogP contribution in [0.3, 0.4) is 0 Å². The quantitative estimate of drug-likeness (QED) is 0.715. The summed E-state index contributed by atoms with van der Waals surface area (Å²) in [6.07, 6.45) is -0.0796. The van der Waals surface area contributed by atoms with Crippen molar-refractivity contribution in [2.24, 2.45) is 0 Å². The molecular formula is C19H24O7. The first-order chi connectivity index (χ1) is 12.4. The topological polar surface area (TPSA) is 80.3 Å². The van der Waals surface area contributed by atoms with Crippen molar-refractivity contribution in [1.29, 1.82) is 0 Å². The maximum atomic E-state index is 12.3. The fourth-order valence-corrected chi connectivity index (χ4v) is 3.44. The first kappa shape index (κ1) is 18.8. The Bertz CT molecular complexity index is 657. The van der Waals surface area contributed by atoms with Gasteiger partial charge in [0.05, 0.1) is 25.4 Å². The van der Waals surface area contributed by atoms with Crippen molar-refractivity contribution in [2.45, 2.75) is 50.3 Å². The van der Waals surface area contributed by atoms with E-state index in [1.807, 2.05) is 19.9 Å². The Morgan fingerprint density at radius 2 is 1.96 bits per heavy atom. The molecule has 2 saturated heterocycles. The highest BCUT2D eigenvalue weighted by molar-refractivity contribution is 5.89. The van der Waals surface area contributed by atoms with Crippen LogP contribution in [0.2, 0.25) is 0 Å². The largest absolute Gasteiger partial charge is 0.469 e. The molecule has 7 nitrogen and oxygen atoms in total. The highest BCUT2D eigenvalue weighted by atomic mass is 16.8. The summed E-state index contributed by atoms with van der Waals surface area (Å²) in [7, 11) is 1.35. The molecule has 0 spiro atoms. The molecule has 1 aromatic rings. The molecule has 26 heavy (non-hydrogen) atoms. The summed E-state index contributed by atoms with van der Waals surface area (Å²) in [6.45, 7) is 3.87. The van der Waals surface area contributed by atoms with Crippen molar-refractivity contribution in [3.63, 3.8) is 0 Å². The minimum absolute atomic E-state index is 0.0174. The van der Waals surface area contributed by atoms with Gasteiger partial charge < -0.3 is 23.7 Å². The van der Waals surface area contributed by atoms with Gasteiger partial charge in [0.2, 0.25) is 0 Å². The van der Waals surface area contributed by atoms with Crippen molar-refractivity contribution >= 4 is 11.9 Å². The molecular weight excluding hydrogens is 340 g/mol. The number of esters is 2. The summed E-state index contributed by atoms with van der Waals surface area (Å²) in [5.74, 6) is -1.55. The molecule has 0 N–H and O–H groups in total. The smallest absolute Gasteiger partial charge is 0.338 e. The summed E-state index contributed by atoms with van der Waals surface area (Å²) < 4.78 is 28.0. The normalized spacial score (nSPS) is 29.2. The second-order valence-corrected chi connectivity index (χ2v) is 7.01. The standard InChI is InChI=1S/C19H24O7/c1-18(2)25-16-14(9-10-15(20)22-3)23-11-19(16,26-18)12-24-17(21)13-7-5-4-6-8-13/h4-8,14,16H,9-12H2,1-3H3/t14-,16-,19-/m0/s1. The van der Waals surface area contributed by atoms with Crippen LogP contribution in [-0.4, -0.2) is 55.9 Å². The highest BCUT2D eigenvalue weighted by Gasteiger charge is 2.61. The molecule has 0 aromatic heterocycles. The van der Waals surface area contributed by atoms with Gasteiger partial charge in [-0.25, -0.2) is 4.79 Å². The number of carbonyl (C=O) groups is 2. The maximum absolute atomic E-state index is 12.3. The molecule has 7 heteroatoms. The van der Waals surface area contributed by atoms with Crippen LogP contribution in [0.4, 0.5) is 0 Å². The van der Waals surface area contributed by atoms with Crippen LogP contribution < -0.4 is 0 Å². The predicted molar refractivity (Wildman–Crippen MR) is 90.5 cm³/mol. The molecule has 0 unspecified atom stereocenters. The van der Waals surface area contributed by atoms with Crippen LogP contribution in [-0.2, 0) is 28.5 Å². The lowest BCUT2D eigenvalue weighted by atomic mass is 9.95. The number of hydrogen-bond acceptors (Lipinski definition) is 7. The van der Waals surface area contributed by atoms with Crippen molar-refractivity contribution < 1.29 is 33.3 Å². The lowest BCUT2D eigenvalue weighted by Crippen LogP contribution is -2.46. The molecule has 2 heterocycles. The first-order valence-corrected chi connectivity index (χ1v) is 8.64. The third-order valence-electron chi connectivity index (χ3n) is 4.58. The summed E-state index contributed by atoms with van der Waals surface area (Å²) in [4.78, 5) is 23.7. The second-order valence-electron chi connectivity index (χ2n) is 7.01. The van der Waals surface area contributed by atoms with Gasteiger partial charge in [0.1, 0.15) is 12.7 Å². The first-order valence-electron chi connectivity index (χ1n) is 8.64. The molecule has 0 amide bonds. The maximum Gasteiger partial charge on any atom is 0.338 e. The van der Waals surface area contributed by atoms with E-state index in [9.17, 15) is 9.59 Å². The number of methoxy groups -OCH3 is 1. The van der Waals surface area contributed by atoms with Gasteiger partial charge in [-0.3, -0.25) is 4.79 Å². The van der Waals surface area contributed by atoms with E-state index in [1.54, 1.807) is 24.3 Å². The molecule has 2 aliphatic heterocycles. The Hall–Kier alpha value is -1.96. The molecule has 2 aliphatic rings. The highest BCUT2D eigenvalue weighted by Crippen LogP contribution is 2.44. The van der Waals surface area contributed by atoms with Gasteiger partial charge >= 0.3 is 11.9 Å². The summed E-state index contributed by atoms with van der Waals surface area (Å²) in [5.41, 5.74) is -0.408. The molecule has 3 rings (SSSR count). The van der Waals surface area contributed by atoms with Crippen LogP contribution in [0, 0.1) is 0 Å². The van der Waals surface area contributed by atoms with E-state index in [2.05, 4.69) is 4.74 Å². The van der Waals surface area contributed by atoms with Gasteiger partial charge in [-0.1, -0.05) is 18.2 Å². The predicted octanol–water partition coefficient (Wildman–Crippen LogP) is 2.09. The number of benzene rings is 1. The van der Waals surface area contributed by atoms with Crippen LogP contribution in [0.1, 0.15) is 37.0 Å². The number of fused-ring (bicyclic) bond motifs is 1. The summed E-state index contributed by atoms with van der Waals surface area (Å²) >= 11 is 0. The monoisotopic (exact) mass is 364 g/mol. The Balaban J connectivity index is 1.67. The van der Waals surface area contributed by atoms with Crippen LogP contribution in [0.5, 0.6) is 0 Å². The van der Waals surface area contributed by atoms with E-state index in [0.29, 0.717) is 12.0 Å². The molecule has 0 radical (unpaired) electrons. The third kappa shape index (κ3) is 3.90. The average molecular weight is 364 g/mol. The Morgan fingerprint density at radius 3 is 2.65 bits per heavy atom. The summed E-state index contributed by atoms with van der Waals surface area (Å²) in [6, 6.07) is 8.77. The lowest BCUT2D eigenvalue weighted by Gasteiger charge is -2.26. The lowest BCUT2D eigenvalue weighted by molar-refractivity contribution is -0.195. The number of rotatable bonds is 6.